The summed E-state index contributed by atoms with van der Waals surface area (Å²) in [5, 5.41) is 8.16. The quantitative estimate of drug-likeness (QED) is 0.0235. The lowest BCUT2D eigenvalue weighted by Crippen LogP contribution is -2.55. The number of nitrogens with zero attached hydrogens (tertiary/aromatic N) is 4. The van der Waals surface area contributed by atoms with Crippen LogP contribution in [0.5, 0.6) is 0 Å². The molecule has 0 aromatic carbocycles. The molecule has 1 aliphatic heterocycles. The second kappa shape index (κ2) is 20.8. The molecule has 54 heavy (non-hydrogen) atoms. The minimum atomic E-state index is -0.927. The highest BCUT2D eigenvalue weighted by molar-refractivity contribution is 5.92. The Morgan fingerprint density at radius 2 is 1.81 bits per heavy atom. The SMILES string of the molecule is C=CCn1c(=O)n(C2CCC(COC(=O)N(C)CCNC(=O)C(CCCCN)NC(=O)C(NC(=O)CCCC(=O)NN)C(C)C)O2)c2nc(N)[nH]c(=O)c21. The van der Waals surface area contributed by atoms with Crippen LogP contribution in [0.4, 0.5) is 10.7 Å². The van der Waals surface area contributed by atoms with E-state index in [9.17, 15) is 33.6 Å². The predicted molar refractivity (Wildman–Crippen MR) is 197 cm³/mol. The Hall–Kier alpha value is -5.28. The van der Waals surface area contributed by atoms with E-state index in [4.69, 9.17) is 26.8 Å². The molecule has 11 N–H and O–H groups in total. The summed E-state index contributed by atoms with van der Waals surface area (Å²) in [7, 11) is 1.49. The average Bonchev–Trinajstić information content (AvgIpc) is 3.70. The second-order valence-electron chi connectivity index (χ2n) is 13.3. The molecular formula is C33H54N12O9. The number of nitrogen functional groups attached to an aromatic ring is 1. The molecule has 1 fully saturated rings. The van der Waals surface area contributed by atoms with Gasteiger partial charge in [-0.1, -0.05) is 19.9 Å². The van der Waals surface area contributed by atoms with Crippen molar-refractivity contribution in [3.05, 3.63) is 33.5 Å². The molecule has 21 nitrogen and oxygen atoms in total. The van der Waals surface area contributed by atoms with E-state index in [1.54, 1.807) is 13.8 Å². The number of amides is 5. The van der Waals surface area contributed by atoms with Crippen molar-refractivity contribution < 1.29 is 33.4 Å². The van der Waals surface area contributed by atoms with Crippen molar-refractivity contribution in [2.45, 2.75) is 96.2 Å². The largest absolute Gasteiger partial charge is 0.447 e. The van der Waals surface area contributed by atoms with E-state index in [1.807, 2.05) is 5.43 Å². The molecule has 0 aliphatic carbocycles. The zero-order chi connectivity index (χ0) is 39.9. The Bertz CT molecular complexity index is 1750. The number of carbonyl (C=O) groups is 5. The van der Waals surface area contributed by atoms with Gasteiger partial charge < -0.3 is 41.8 Å². The summed E-state index contributed by atoms with van der Waals surface area (Å²) in [6.07, 6.45) is 2.09. The molecular weight excluding hydrogens is 708 g/mol. The highest BCUT2D eigenvalue weighted by Gasteiger charge is 2.33. The summed E-state index contributed by atoms with van der Waals surface area (Å²) < 4.78 is 14.0. The summed E-state index contributed by atoms with van der Waals surface area (Å²) in [6.45, 7) is 7.63. The number of imidazole rings is 1. The van der Waals surface area contributed by atoms with Gasteiger partial charge in [0.2, 0.25) is 29.6 Å². The van der Waals surface area contributed by atoms with Gasteiger partial charge in [0.1, 0.15) is 24.9 Å². The number of anilines is 1. The smallest absolute Gasteiger partial charge is 0.409 e. The Labute approximate surface area is 311 Å². The first-order valence-electron chi connectivity index (χ1n) is 17.9. The molecule has 2 aromatic rings. The van der Waals surface area contributed by atoms with E-state index in [0.29, 0.717) is 38.6 Å². The van der Waals surface area contributed by atoms with E-state index in [-0.39, 0.29) is 68.5 Å². The van der Waals surface area contributed by atoms with E-state index in [1.165, 1.54) is 27.2 Å². The van der Waals surface area contributed by atoms with Crippen LogP contribution in [-0.2, 0) is 35.2 Å². The molecule has 4 atom stereocenters. The number of hydrogen-bond acceptors (Lipinski definition) is 13. The van der Waals surface area contributed by atoms with Crippen molar-refractivity contribution in [2.75, 3.05) is 39.0 Å². The van der Waals surface area contributed by atoms with E-state index in [0.717, 1.165) is 0 Å². The normalized spacial score (nSPS) is 16.4. The van der Waals surface area contributed by atoms with Gasteiger partial charge >= 0.3 is 11.8 Å². The van der Waals surface area contributed by atoms with Gasteiger partial charge in [0.15, 0.2) is 11.2 Å². The average molecular weight is 763 g/mol. The summed E-state index contributed by atoms with van der Waals surface area (Å²) in [5.74, 6) is 2.76. The van der Waals surface area contributed by atoms with Crippen molar-refractivity contribution >= 4 is 46.8 Å². The minimum Gasteiger partial charge on any atom is -0.447 e. The number of nitrogens with two attached hydrogens (primary N) is 3. The molecule has 3 heterocycles. The van der Waals surface area contributed by atoms with Gasteiger partial charge in [-0.3, -0.25) is 38.9 Å². The maximum Gasteiger partial charge on any atom is 0.409 e. The highest BCUT2D eigenvalue weighted by Crippen LogP contribution is 2.29. The van der Waals surface area contributed by atoms with Crippen molar-refractivity contribution in [1.29, 1.82) is 0 Å². The van der Waals surface area contributed by atoms with Crippen LogP contribution < -0.4 is 49.9 Å². The molecule has 5 amide bonds. The van der Waals surface area contributed by atoms with Crippen LogP contribution in [-0.4, -0.2) is 105 Å². The van der Waals surface area contributed by atoms with Crippen LogP contribution in [0, 0.1) is 5.92 Å². The van der Waals surface area contributed by atoms with E-state index >= 15 is 0 Å². The minimum absolute atomic E-state index is 0.00923. The number of ether oxygens (including phenoxy) is 2. The monoisotopic (exact) mass is 762 g/mol. The first-order valence-corrected chi connectivity index (χ1v) is 17.9. The molecule has 3 rings (SSSR count). The van der Waals surface area contributed by atoms with Gasteiger partial charge in [0, 0.05) is 39.5 Å². The fraction of sp³-hybridized carbons (Fsp3) is 0.636. The number of aromatic nitrogens is 4. The lowest BCUT2D eigenvalue weighted by Gasteiger charge is -2.26. The summed E-state index contributed by atoms with van der Waals surface area (Å²) in [5.41, 5.74) is 12.4. The van der Waals surface area contributed by atoms with Crippen molar-refractivity contribution in [2.24, 2.45) is 17.5 Å². The summed E-state index contributed by atoms with van der Waals surface area (Å²) in [4.78, 5) is 96.7. The molecule has 21 heteroatoms. The third kappa shape index (κ3) is 11.9. The number of fused-ring (bicyclic) bond motifs is 1. The lowest BCUT2D eigenvalue weighted by atomic mass is 10.0. The van der Waals surface area contributed by atoms with Crippen molar-refractivity contribution in [3.8, 4) is 0 Å². The molecule has 1 aliphatic rings. The topological polar surface area (TPSA) is 306 Å². The van der Waals surface area contributed by atoms with Crippen LogP contribution in [0.2, 0.25) is 0 Å². The Morgan fingerprint density at radius 3 is 2.48 bits per heavy atom. The summed E-state index contributed by atoms with van der Waals surface area (Å²) in [6, 6.07) is -1.85. The highest BCUT2D eigenvalue weighted by atomic mass is 16.6. The number of hydrogen-bond donors (Lipinski definition) is 8. The van der Waals surface area contributed by atoms with Gasteiger partial charge in [0.05, 0.1) is 6.10 Å². The summed E-state index contributed by atoms with van der Waals surface area (Å²) >= 11 is 0. The van der Waals surface area contributed by atoms with E-state index < -0.39 is 65.4 Å². The van der Waals surface area contributed by atoms with Crippen LogP contribution in [0.3, 0.4) is 0 Å². The standard InChI is InChI=1S/C33H54N12O9/c1-5-16-44-26-27(40-31(35)41-30(26)50)45(32(44)51)24-13-12-20(54-24)18-53-33(52)43(4)17-15-37-28(48)21(9-6-7-14-34)38-29(49)25(19(2)3)39-22(46)10-8-11-23(47)42-36/h5,19-21,24-25H,1,6-18,34,36H2,2-4H3,(H,37,48)(H,38,49)(H,39,46)(H,42,47)(H3,35,40,41,50). The van der Waals surface area contributed by atoms with Crippen LogP contribution >= 0.6 is 0 Å². The lowest BCUT2D eigenvalue weighted by molar-refractivity contribution is -0.133. The number of nitrogens with one attached hydrogen (secondary N) is 5. The van der Waals surface area contributed by atoms with E-state index in [2.05, 4.69) is 32.5 Å². The number of hydrazine groups is 1. The van der Waals surface area contributed by atoms with Crippen molar-refractivity contribution in [3.63, 3.8) is 0 Å². The zero-order valence-electron chi connectivity index (χ0n) is 31.1. The van der Waals surface area contributed by atoms with Crippen LogP contribution in [0.15, 0.2) is 22.2 Å². The van der Waals surface area contributed by atoms with Gasteiger partial charge in [-0.15, -0.1) is 6.58 Å². The molecule has 0 saturated carbocycles. The number of allylic oxidation sites excluding steroid dienone is 1. The number of rotatable bonds is 21. The molecule has 0 spiro atoms. The van der Waals surface area contributed by atoms with Gasteiger partial charge in [-0.25, -0.2) is 20.0 Å². The van der Waals surface area contributed by atoms with Crippen molar-refractivity contribution in [1.82, 2.24) is 45.4 Å². The second-order valence-corrected chi connectivity index (χ2v) is 13.3. The van der Waals surface area contributed by atoms with Gasteiger partial charge in [-0.2, -0.15) is 4.98 Å². The fourth-order valence-electron chi connectivity index (χ4n) is 5.88. The Morgan fingerprint density at radius 1 is 1.09 bits per heavy atom. The predicted octanol–water partition coefficient (Wildman–Crippen LogP) is -1.57. The maximum atomic E-state index is 13.2. The third-order valence-electron chi connectivity index (χ3n) is 8.78. The first kappa shape index (κ1) is 43.1. The molecule has 2 aromatic heterocycles. The first-order chi connectivity index (χ1) is 25.7. The molecule has 4 unspecified atom stereocenters. The zero-order valence-corrected chi connectivity index (χ0v) is 31.1. The Kier molecular flexibility index (Phi) is 16.6. The molecule has 300 valence electrons. The Balaban J connectivity index is 1.51. The number of carbonyl (C=O) groups excluding carboxylic acids is 5. The van der Waals surface area contributed by atoms with Crippen LogP contribution in [0.1, 0.15) is 71.4 Å². The van der Waals surface area contributed by atoms with Gasteiger partial charge in [-0.05, 0) is 51.0 Å². The number of unbranched alkanes of at least 4 members (excludes halogenated alkanes) is 1. The number of likely N-dealkylation sites (N-methyl/N-ethyl adjacent to an activating group) is 1. The number of H-pyrrole nitrogens is 1. The third-order valence-corrected chi connectivity index (χ3v) is 8.78. The van der Waals surface area contributed by atoms with Gasteiger partial charge in [0.25, 0.3) is 5.56 Å². The van der Waals surface area contributed by atoms with Crippen LogP contribution in [0.25, 0.3) is 11.2 Å². The molecule has 0 bridgehead atoms. The maximum absolute atomic E-state index is 13.2. The number of aromatic amines is 1. The fourth-order valence-corrected chi connectivity index (χ4v) is 5.88. The molecule has 0 radical (unpaired) electrons. The molecule has 1 saturated heterocycles.